The fourth-order valence-corrected chi connectivity index (χ4v) is 1.35. The maximum atomic E-state index is 9.48. The van der Waals surface area contributed by atoms with Crippen LogP contribution in [0.3, 0.4) is 0 Å². The molecule has 2 aromatic rings. The number of aromatic hydroxyl groups is 2. The molecule has 0 aliphatic rings. The van der Waals surface area contributed by atoms with Crippen molar-refractivity contribution in [1.29, 1.82) is 0 Å². The van der Waals surface area contributed by atoms with Gasteiger partial charge in [0.25, 0.3) is 0 Å². The van der Waals surface area contributed by atoms with Crippen molar-refractivity contribution in [2.45, 2.75) is 6.61 Å². The van der Waals surface area contributed by atoms with Crippen molar-refractivity contribution in [1.82, 2.24) is 0 Å². The van der Waals surface area contributed by atoms with Crippen molar-refractivity contribution in [2.24, 2.45) is 0 Å². The largest absolute Gasteiger partial charge is 0.508 e. The summed E-state index contributed by atoms with van der Waals surface area (Å²) in [4.78, 5) is 0. The topological polar surface area (TPSA) is 49.7 Å². The van der Waals surface area contributed by atoms with Crippen molar-refractivity contribution < 1.29 is 14.9 Å². The Balaban J connectivity index is 2.08. The third-order valence-corrected chi connectivity index (χ3v) is 2.18. The van der Waals surface area contributed by atoms with Crippen LogP contribution in [-0.4, -0.2) is 10.2 Å². The predicted molar refractivity (Wildman–Crippen MR) is 60.5 cm³/mol. The molecule has 0 spiro atoms. The lowest BCUT2D eigenvalue weighted by Crippen LogP contribution is -1.94. The van der Waals surface area contributed by atoms with Crippen molar-refractivity contribution in [3.05, 3.63) is 54.1 Å². The summed E-state index contributed by atoms with van der Waals surface area (Å²) in [6, 6.07) is 13.8. The molecule has 0 atom stereocenters. The first-order valence-corrected chi connectivity index (χ1v) is 4.94. The van der Waals surface area contributed by atoms with Crippen LogP contribution < -0.4 is 4.74 Å². The zero-order chi connectivity index (χ0) is 11.4. The van der Waals surface area contributed by atoms with E-state index in [0.717, 1.165) is 5.56 Å². The van der Waals surface area contributed by atoms with Crippen LogP contribution in [0.1, 0.15) is 5.56 Å². The quantitative estimate of drug-likeness (QED) is 0.775. The number of phenols is 2. The monoisotopic (exact) mass is 216 g/mol. The Morgan fingerprint density at radius 3 is 2.44 bits per heavy atom. The van der Waals surface area contributed by atoms with Crippen molar-refractivity contribution in [3.8, 4) is 17.2 Å². The molecule has 3 nitrogen and oxygen atoms in total. The van der Waals surface area contributed by atoms with E-state index >= 15 is 0 Å². The van der Waals surface area contributed by atoms with E-state index in [1.54, 1.807) is 0 Å². The molecule has 0 heterocycles. The number of benzene rings is 2. The fourth-order valence-electron chi connectivity index (χ4n) is 1.35. The van der Waals surface area contributed by atoms with Crippen LogP contribution in [0.25, 0.3) is 0 Å². The molecule has 0 unspecified atom stereocenters. The van der Waals surface area contributed by atoms with Gasteiger partial charge in [0, 0.05) is 6.07 Å². The Hall–Kier alpha value is -2.16. The van der Waals surface area contributed by atoms with Crippen LogP contribution in [0.15, 0.2) is 48.5 Å². The zero-order valence-electron chi connectivity index (χ0n) is 8.63. The number of rotatable bonds is 3. The van der Waals surface area contributed by atoms with Gasteiger partial charge < -0.3 is 14.9 Å². The molecule has 0 aromatic heterocycles. The van der Waals surface area contributed by atoms with Gasteiger partial charge in [-0.05, 0) is 17.7 Å². The Morgan fingerprint density at radius 1 is 0.938 bits per heavy atom. The lowest BCUT2D eigenvalue weighted by atomic mass is 10.2. The van der Waals surface area contributed by atoms with E-state index in [0.29, 0.717) is 6.61 Å². The van der Waals surface area contributed by atoms with E-state index in [-0.39, 0.29) is 17.2 Å². The van der Waals surface area contributed by atoms with E-state index in [9.17, 15) is 10.2 Å². The summed E-state index contributed by atoms with van der Waals surface area (Å²) in [6.45, 7) is 0.359. The van der Waals surface area contributed by atoms with Crippen molar-refractivity contribution in [2.75, 3.05) is 0 Å². The van der Waals surface area contributed by atoms with Crippen LogP contribution in [0.2, 0.25) is 0 Å². The highest BCUT2D eigenvalue weighted by Crippen LogP contribution is 2.30. The van der Waals surface area contributed by atoms with E-state index < -0.39 is 0 Å². The highest BCUT2D eigenvalue weighted by atomic mass is 16.5. The molecule has 0 saturated carbocycles. The van der Waals surface area contributed by atoms with Crippen LogP contribution >= 0.6 is 0 Å². The van der Waals surface area contributed by atoms with Gasteiger partial charge in [0.2, 0.25) is 0 Å². The van der Waals surface area contributed by atoms with Gasteiger partial charge in [-0.3, -0.25) is 0 Å². The van der Waals surface area contributed by atoms with Crippen molar-refractivity contribution >= 4 is 0 Å². The van der Waals surface area contributed by atoms with Crippen LogP contribution in [-0.2, 0) is 6.61 Å². The summed E-state index contributed by atoms with van der Waals surface area (Å²) in [5.74, 6) is 0.374. The molecular weight excluding hydrogens is 204 g/mol. The van der Waals surface area contributed by atoms with Gasteiger partial charge >= 0.3 is 0 Å². The van der Waals surface area contributed by atoms with Gasteiger partial charge in [0.15, 0.2) is 11.5 Å². The average Bonchev–Trinajstić information content (AvgIpc) is 2.32. The standard InChI is InChI=1S/C13H12O3/c14-11-6-7-12(15)13(8-11)16-9-10-4-2-1-3-5-10/h1-8,14-15H,9H2. The second-order valence-electron chi connectivity index (χ2n) is 3.43. The van der Waals surface area contributed by atoms with E-state index in [2.05, 4.69) is 0 Å². The smallest absolute Gasteiger partial charge is 0.165 e. The van der Waals surface area contributed by atoms with Crippen LogP contribution in [0, 0.1) is 0 Å². The molecular formula is C13H12O3. The molecule has 0 aliphatic heterocycles. The lowest BCUT2D eigenvalue weighted by Gasteiger charge is -2.08. The second kappa shape index (κ2) is 4.57. The van der Waals surface area contributed by atoms with Crippen LogP contribution in [0.5, 0.6) is 17.2 Å². The summed E-state index contributed by atoms with van der Waals surface area (Å²) in [7, 11) is 0. The van der Waals surface area contributed by atoms with E-state index in [1.807, 2.05) is 30.3 Å². The highest BCUT2D eigenvalue weighted by Gasteiger charge is 2.03. The molecule has 3 heteroatoms. The van der Waals surface area contributed by atoms with Gasteiger partial charge in [-0.15, -0.1) is 0 Å². The second-order valence-corrected chi connectivity index (χ2v) is 3.43. The number of hydrogen-bond acceptors (Lipinski definition) is 3. The third-order valence-electron chi connectivity index (χ3n) is 2.18. The maximum Gasteiger partial charge on any atom is 0.165 e. The zero-order valence-corrected chi connectivity index (χ0v) is 8.63. The molecule has 0 aliphatic carbocycles. The lowest BCUT2D eigenvalue weighted by molar-refractivity contribution is 0.287. The summed E-state index contributed by atoms with van der Waals surface area (Å²) < 4.78 is 5.39. The summed E-state index contributed by atoms with van der Waals surface area (Å²) in [5.41, 5.74) is 1.00. The Bertz CT molecular complexity index is 466. The van der Waals surface area contributed by atoms with Crippen LogP contribution in [0.4, 0.5) is 0 Å². The van der Waals surface area contributed by atoms with Gasteiger partial charge in [-0.2, -0.15) is 0 Å². The Labute approximate surface area is 93.6 Å². The molecule has 2 rings (SSSR count). The third kappa shape index (κ3) is 2.45. The number of ether oxygens (including phenoxy) is 1. The summed E-state index contributed by atoms with van der Waals surface area (Å²) in [6.07, 6.45) is 0. The first kappa shape index (κ1) is 10.4. The molecule has 0 radical (unpaired) electrons. The maximum absolute atomic E-state index is 9.48. The molecule has 16 heavy (non-hydrogen) atoms. The summed E-state index contributed by atoms with van der Waals surface area (Å²) in [5, 5.41) is 18.7. The SMILES string of the molecule is Oc1ccc(O)c(OCc2ccccc2)c1. The van der Waals surface area contributed by atoms with Gasteiger partial charge in [-0.1, -0.05) is 30.3 Å². The molecule has 0 bridgehead atoms. The fraction of sp³-hybridized carbons (Fsp3) is 0.0769. The molecule has 0 fully saturated rings. The summed E-state index contributed by atoms with van der Waals surface area (Å²) >= 11 is 0. The predicted octanol–water partition coefficient (Wildman–Crippen LogP) is 2.68. The Morgan fingerprint density at radius 2 is 1.69 bits per heavy atom. The minimum atomic E-state index is 0.0220. The molecule has 2 N–H and O–H groups in total. The average molecular weight is 216 g/mol. The minimum absolute atomic E-state index is 0.0220. The van der Waals surface area contributed by atoms with Gasteiger partial charge in [0.1, 0.15) is 12.4 Å². The molecule has 2 aromatic carbocycles. The van der Waals surface area contributed by atoms with Gasteiger partial charge in [0.05, 0.1) is 0 Å². The first-order valence-electron chi connectivity index (χ1n) is 4.94. The highest BCUT2D eigenvalue weighted by molar-refractivity contribution is 5.44. The first-order chi connectivity index (χ1) is 7.75. The Kier molecular flexibility index (Phi) is 2.96. The normalized spacial score (nSPS) is 10.0. The number of hydrogen-bond donors (Lipinski definition) is 2. The number of phenolic OH excluding ortho intramolecular Hbond substituents is 2. The van der Waals surface area contributed by atoms with E-state index in [1.165, 1.54) is 18.2 Å². The van der Waals surface area contributed by atoms with Crippen molar-refractivity contribution in [3.63, 3.8) is 0 Å². The van der Waals surface area contributed by atoms with E-state index in [4.69, 9.17) is 4.74 Å². The minimum Gasteiger partial charge on any atom is -0.508 e. The van der Waals surface area contributed by atoms with Gasteiger partial charge in [-0.25, -0.2) is 0 Å². The molecule has 82 valence electrons. The molecule has 0 amide bonds. The molecule has 0 saturated heterocycles.